The summed E-state index contributed by atoms with van der Waals surface area (Å²) < 4.78 is 5.38. The van der Waals surface area contributed by atoms with E-state index in [2.05, 4.69) is 20.7 Å². The Labute approximate surface area is 97.2 Å². The van der Waals surface area contributed by atoms with Gasteiger partial charge < -0.3 is 9.84 Å². The molecule has 0 aliphatic rings. The molecule has 82 valence electrons. The van der Waals surface area contributed by atoms with Gasteiger partial charge in [0.2, 0.25) is 0 Å². The molecule has 3 nitrogen and oxygen atoms in total. The van der Waals surface area contributed by atoms with Gasteiger partial charge in [0.25, 0.3) is 0 Å². The van der Waals surface area contributed by atoms with Crippen LogP contribution in [0.2, 0.25) is 0 Å². The summed E-state index contributed by atoms with van der Waals surface area (Å²) in [5.41, 5.74) is 1.75. The van der Waals surface area contributed by atoms with Gasteiger partial charge in [-0.3, -0.25) is 4.79 Å². The molecular formula is C11H13BrO3. The lowest BCUT2D eigenvalue weighted by molar-refractivity contribution is -0.142. The largest absolute Gasteiger partial charge is 0.469 e. The summed E-state index contributed by atoms with van der Waals surface area (Å²) in [7, 11) is 1.31. The van der Waals surface area contributed by atoms with Crippen LogP contribution in [0.3, 0.4) is 0 Å². The predicted molar refractivity (Wildman–Crippen MR) is 60.5 cm³/mol. The minimum absolute atomic E-state index is 0.0214. The van der Waals surface area contributed by atoms with Gasteiger partial charge in [0.05, 0.1) is 19.6 Å². The van der Waals surface area contributed by atoms with Crippen molar-refractivity contribution in [2.24, 2.45) is 0 Å². The van der Waals surface area contributed by atoms with Gasteiger partial charge in [0.1, 0.15) is 0 Å². The van der Waals surface area contributed by atoms with Crippen LogP contribution in [0.25, 0.3) is 0 Å². The maximum atomic E-state index is 11.0. The molecule has 1 N–H and O–H groups in total. The van der Waals surface area contributed by atoms with Crippen LogP contribution in [0.1, 0.15) is 23.7 Å². The molecule has 1 aromatic rings. The third-order valence-corrected chi connectivity index (χ3v) is 2.49. The zero-order valence-corrected chi connectivity index (χ0v) is 10.2. The number of carbonyl (C=O) groups is 1. The van der Waals surface area contributed by atoms with Crippen LogP contribution in [0.5, 0.6) is 0 Å². The maximum absolute atomic E-state index is 11.0. The highest BCUT2D eigenvalue weighted by Gasteiger charge is 2.13. The number of benzene rings is 1. The Hall–Kier alpha value is -0.870. The number of methoxy groups -OCH3 is 1. The average Bonchev–Trinajstić information content (AvgIpc) is 2.16. The average molecular weight is 273 g/mol. The number of rotatable bonds is 3. The van der Waals surface area contributed by atoms with Gasteiger partial charge >= 0.3 is 5.97 Å². The first-order valence-corrected chi connectivity index (χ1v) is 5.34. The molecule has 0 heterocycles. The number of aliphatic hydroxyl groups is 1. The van der Waals surface area contributed by atoms with E-state index in [1.807, 2.05) is 19.1 Å². The van der Waals surface area contributed by atoms with Crippen LogP contribution in [0, 0.1) is 6.92 Å². The molecule has 0 saturated carbocycles. The first-order chi connectivity index (χ1) is 7.02. The van der Waals surface area contributed by atoms with Crippen LogP contribution in [0.4, 0.5) is 0 Å². The van der Waals surface area contributed by atoms with Gasteiger partial charge in [0, 0.05) is 4.47 Å². The van der Waals surface area contributed by atoms with Gasteiger partial charge in [-0.15, -0.1) is 0 Å². The van der Waals surface area contributed by atoms with Gasteiger partial charge in [-0.25, -0.2) is 0 Å². The molecule has 15 heavy (non-hydrogen) atoms. The van der Waals surface area contributed by atoms with Gasteiger partial charge in [-0.05, 0) is 30.2 Å². The molecule has 0 spiro atoms. The van der Waals surface area contributed by atoms with Crippen molar-refractivity contribution >= 4 is 21.9 Å². The monoisotopic (exact) mass is 272 g/mol. The second kappa shape index (κ2) is 5.28. The number of esters is 1. The minimum atomic E-state index is -0.811. The Bertz CT molecular complexity index is 343. The molecule has 0 saturated heterocycles. The Kier molecular flexibility index (Phi) is 4.29. The van der Waals surface area contributed by atoms with E-state index in [0.29, 0.717) is 5.56 Å². The van der Waals surface area contributed by atoms with Crippen molar-refractivity contribution < 1.29 is 14.6 Å². The number of aliphatic hydroxyl groups excluding tert-OH is 1. The summed E-state index contributed by atoms with van der Waals surface area (Å²) >= 11 is 3.34. The lowest BCUT2D eigenvalue weighted by Gasteiger charge is -2.10. The summed E-state index contributed by atoms with van der Waals surface area (Å²) in [6, 6.07) is 5.58. The molecule has 1 rings (SSSR count). The normalized spacial score (nSPS) is 12.3. The molecule has 0 bridgehead atoms. The second-order valence-corrected chi connectivity index (χ2v) is 4.27. The highest BCUT2D eigenvalue weighted by molar-refractivity contribution is 9.10. The van der Waals surface area contributed by atoms with E-state index in [-0.39, 0.29) is 6.42 Å². The van der Waals surface area contributed by atoms with Crippen molar-refractivity contribution in [2.45, 2.75) is 19.4 Å². The predicted octanol–water partition coefficient (Wildman–Crippen LogP) is 2.35. The van der Waals surface area contributed by atoms with E-state index in [9.17, 15) is 9.90 Å². The zero-order chi connectivity index (χ0) is 11.4. The van der Waals surface area contributed by atoms with Gasteiger partial charge in [0.15, 0.2) is 0 Å². The fourth-order valence-electron chi connectivity index (χ4n) is 1.32. The van der Waals surface area contributed by atoms with Crippen molar-refractivity contribution in [3.05, 3.63) is 33.8 Å². The highest BCUT2D eigenvalue weighted by Crippen LogP contribution is 2.22. The lowest BCUT2D eigenvalue weighted by Crippen LogP contribution is -2.08. The molecule has 0 aliphatic heterocycles. The maximum Gasteiger partial charge on any atom is 0.308 e. The topological polar surface area (TPSA) is 46.5 Å². The highest BCUT2D eigenvalue weighted by atomic mass is 79.9. The fourth-order valence-corrected chi connectivity index (χ4v) is 1.94. The molecule has 0 aliphatic carbocycles. The van der Waals surface area contributed by atoms with E-state index in [1.54, 1.807) is 6.07 Å². The van der Waals surface area contributed by atoms with Crippen molar-refractivity contribution in [1.29, 1.82) is 0 Å². The Morgan fingerprint density at radius 2 is 2.20 bits per heavy atom. The Morgan fingerprint density at radius 1 is 1.53 bits per heavy atom. The molecule has 0 aromatic heterocycles. The van der Waals surface area contributed by atoms with Gasteiger partial charge in [-0.2, -0.15) is 0 Å². The Morgan fingerprint density at radius 3 is 2.73 bits per heavy atom. The third kappa shape index (κ3) is 3.64. The molecule has 0 amide bonds. The summed E-state index contributed by atoms with van der Waals surface area (Å²) in [4.78, 5) is 11.0. The molecular weight excluding hydrogens is 260 g/mol. The van der Waals surface area contributed by atoms with Crippen LogP contribution < -0.4 is 0 Å². The number of ether oxygens (including phenoxy) is 1. The third-order valence-electron chi connectivity index (χ3n) is 2.04. The smallest absolute Gasteiger partial charge is 0.308 e. The summed E-state index contributed by atoms with van der Waals surface area (Å²) in [6.45, 7) is 1.93. The summed E-state index contributed by atoms with van der Waals surface area (Å²) in [6.07, 6.45) is -0.833. The van der Waals surface area contributed by atoms with Crippen LogP contribution in [-0.4, -0.2) is 18.2 Å². The SMILES string of the molecule is COC(=O)C[C@@H](O)c1cc(C)cc(Br)c1. The summed E-state index contributed by atoms with van der Waals surface area (Å²) in [5, 5.41) is 9.75. The second-order valence-electron chi connectivity index (χ2n) is 3.36. The van der Waals surface area contributed by atoms with E-state index in [0.717, 1.165) is 10.0 Å². The van der Waals surface area contributed by atoms with E-state index >= 15 is 0 Å². The van der Waals surface area contributed by atoms with Crippen LogP contribution >= 0.6 is 15.9 Å². The lowest BCUT2D eigenvalue weighted by atomic mass is 10.0. The van der Waals surface area contributed by atoms with Crippen LogP contribution in [-0.2, 0) is 9.53 Å². The fraction of sp³-hybridized carbons (Fsp3) is 0.364. The first-order valence-electron chi connectivity index (χ1n) is 4.55. The first kappa shape index (κ1) is 12.2. The molecule has 4 heteroatoms. The van der Waals surface area contributed by atoms with Crippen molar-refractivity contribution in [1.82, 2.24) is 0 Å². The zero-order valence-electron chi connectivity index (χ0n) is 8.66. The van der Waals surface area contributed by atoms with E-state index in [1.165, 1.54) is 7.11 Å². The minimum Gasteiger partial charge on any atom is -0.469 e. The van der Waals surface area contributed by atoms with Crippen LogP contribution in [0.15, 0.2) is 22.7 Å². The number of carbonyl (C=O) groups excluding carboxylic acids is 1. The van der Waals surface area contributed by atoms with E-state index in [4.69, 9.17) is 0 Å². The number of halogens is 1. The molecule has 0 fully saturated rings. The Balaban J connectivity index is 2.81. The number of hydrogen-bond acceptors (Lipinski definition) is 3. The number of aryl methyl sites for hydroxylation is 1. The quantitative estimate of drug-likeness (QED) is 0.860. The van der Waals surface area contributed by atoms with E-state index < -0.39 is 12.1 Å². The summed E-state index contributed by atoms with van der Waals surface area (Å²) in [5.74, 6) is -0.417. The van der Waals surface area contributed by atoms with Crippen molar-refractivity contribution in [2.75, 3.05) is 7.11 Å². The number of hydrogen-bond donors (Lipinski definition) is 1. The van der Waals surface area contributed by atoms with Gasteiger partial charge in [-0.1, -0.05) is 22.0 Å². The molecule has 0 unspecified atom stereocenters. The molecule has 1 atom stereocenters. The van der Waals surface area contributed by atoms with Crippen molar-refractivity contribution in [3.63, 3.8) is 0 Å². The van der Waals surface area contributed by atoms with Crippen molar-refractivity contribution in [3.8, 4) is 0 Å². The molecule has 0 radical (unpaired) electrons. The molecule has 1 aromatic carbocycles. The standard InChI is InChI=1S/C11H13BrO3/c1-7-3-8(5-9(12)4-7)10(13)6-11(14)15-2/h3-5,10,13H,6H2,1-2H3/t10-/m1/s1.